The molecule has 0 bridgehead atoms. The number of benzene rings is 2. The minimum absolute atomic E-state index is 0.0701. The minimum atomic E-state index is -0.209. The van der Waals surface area contributed by atoms with Crippen LogP contribution in [0.3, 0.4) is 0 Å². The maximum absolute atomic E-state index is 12.5. The number of anilines is 1. The first-order valence-electron chi connectivity index (χ1n) is 9.92. The van der Waals surface area contributed by atoms with E-state index >= 15 is 0 Å². The Morgan fingerprint density at radius 2 is 2.03 bits per heavy atom. The van der Waals surface area contributed by atoms with Gasteiger partial charge in [-0.15, -0.1) is 10.2 Å². The number of carbonyl (C=O) groups is 1. The highest BCUT2D eigenvalue weighted by Crippen LogP contribution is 2.32. The highest BCUT2D eigenvalue weighted by Gasteiger charge is 2.18. The first-order valence-corrected chi connectivity index (χ1v) is 10.8. The van der Waals surface area contributed by atoms with Crippen molar-refractivity contribution >= 4 is 34.3 Å². The zero-order valence-electron chi connectivity index (χ0n) is 17.8. The van der Waals surface area contributed by atoms with E-state index in [4.69, 9.17) is 4.74 Å². The van der Waals surface area contributed by atoms with E-state index in [1.165, 1.54) is 11.8 Å². The van der Waals surface area contributed by atoms with Gasteiger partial charge in [0.15, 0.2) is 5.16 Å². The fourth-order valence-corrected chi connectivity index (χ4v) is 4.05. The van der Waals surface area contributed by atoms with Crippen molar-refractivity contribution in [2.24, 2.45) is 7.05 Å². The molecule has 0 radical (unpaired) electrons. The van der Waals surface area contributed by atoms with Gasteiger partial charge in [0.2, 0.25) is 5.91 Å². The van der Waals surface area contributed by atoms with E-state index in [0.29, 0.717) is 39.1 Å². The van der Waals surface area contributed by atoms with Crippen LogP contribution in [0.15, 0.2) is 58.5 Å². The number of thioether (sulfide) groups is 1. The number of H-pyrrole nitrogens is 1. The van der Waals surface area contributed by atoms with Crippen molar-refractivity contribution in [2.45, 2.75) is 23.8 Å². The van der Waals surface area contributed by atoms with E-state index in [1.54, 1.807) is 49.1 Å². The number of nitrogens with one attached hydrogen (secondary N) is 2. The molecule has 0 fully saturated rings. The molecule has 9 nitrogen and oxygen atoms in total. The Morgan fingerprint density at radius 1 is 1.22 bits per heavy atom. The molecule has 1 amide bonds. The number of hydrogen-bond donors (Lipinski definition) is 2. The number of rotatable bonds is 7. The second kappa shape index (κ2) is 9.23. The topological polar surface area (TPSA) is 115 Å². The van der Waals surface area contributed by atoms with Crippen LogP contribution >= 0.6 is 11.8 Å². The summed E-state index contributed by atoms with van der Waals surface area (Å²) in [5, 5.41) is 12.2. The summed E-state index contributed by atoms with van der Waals surface area (Å²) in [7, 11) is 3.38. The quantitative estimate of drug-likeness (QED) is 0.416. The van der Waals surface area contributed by atoms with Crippen LogP contribution in [-0.2, 0) is 18.3 Å². The van der Waals surface area contributed by atoms with Gasteiger partial charge in [0.1, 0.15) is 17.4 Å². The maximum Gasteiger partial charge on any atom is 0.258 e. The molecule has 0 saturated heterocycles. The van der Waals surface area contributed by atoms with Gasteiger partial charge in [-0.3, -0.25) is 9.59 Å². The van der Waals surface area contributed by atoms with Gasteiger partial charge >= 0.3 is 0 Å². The van der Waals surface area contributed by atoms with E-state index in [-0.39, 0.29) is 23.1 Å². The third-order valence-corrected chi connectivity index (χ3v) is 6.04. The molecule has 32 heavy (non-hydrogen) atoms. The Bertz CT molecular complexity index is 1330. The molecule has 0 spiro atoms. The summed E-state index contributed by atoms with van der Waals surface area (Å²) in [4.78, 5) is 32.2. The summed E-state index contributed by atoms with van der Waals surface area (Å²) >= 11 is 1.41. The molecule has 0 aliphatic carbocycles. The Kier molecular flexibility index (Phi) is 6.22. The molecular weight excluding hydrogens is 428 g/mol. The number of amides is 1. The number of ether oxygens (including phenoxy) is 1. The number of nitrogens with zero attached hydrogens (tertiary/aromatic N) is 4. The first kappa shape index (κ1) is 21.6. The predicted octanol–water partition coefficient (Wildman–Crippen LogP) is 3.09. The molecule has 1 unspecified atom stereocenters. The fourth-order valence-electron chi connectivity index (χ4n) is 3.16. The molecule has 2 aromatic carbocycles. The van der Waals surface area contributed by atoms with Crippen molar-refractivity contribution in [1.29, 1.82) is 0 Å². The van der Waals surface area contributed by atoms with Crippen LogP contribution in [0.2, 0.25) is 0 Å². The number of aromatic nitrogens is 5. The van der Waals surface area contributed by atoms with E-state index < -0.39 is 0 Å². The molecule has 2 heterocycles. The third-order valence-electron chi connectivity index (χ3n) is 4.90. The average molecular weight is 451 g/mol. The average Bonchev–Trinajstić information content (AvgIpc) is 3.12. The predicted molar refractivity (Wildman–Crippen MR) is 123 cm³/mol. The molecule has 1 atom stereocenters. The molecule has 0 aliphatic heterocycles. The number of para-hydroxylation sites is 1. The van der Waals surface area contributed by atoms with Gasteiger partial charge in [0, 0.05) is 18.8 Å². The lowest BCUT2D eigenvalue weighted by atomic mass is 10.2. The van der Waals surface area contributed by atoms with Crippen LogP contribution in [0.1, 0.15) is 23.8 Å². The third kappa shape index (κ3) is 4.65. The smallest absolute Gasteiger partial charge is 0.258 e. The van der Waals surface area contributed by atoms with E-state index in [2.05, 4.69) is 25.5 Å². The second-order valence-electron chi connectivity index (χ2n) is 7.14. The van der Waals surface area contributed by atoms with Crippen LogP contribution in [0.4, 0.5) is 5.69 Å². The van der Waals surface area contributed by atoms with Gasteiger partial charge in [-0.05, 0) is 31.2 Å². The van der Waals surface area contributed by atoms with Crippen LogP contribution in [0, 0.1) is 0 Å². The van der Waals surface area contributed by atoms with Gasteiger partial charge in [-0.2, -0.15) is 0 Å². The highest BCUT2D eigenvalue weighted by molar-refractivity contribution is 7.99. The number of carbonyl (C=O) groups excluding carboxylic acids is 1. The first-order chi connectivity index (χ1) is 15.4. The highest BCUT2D eigenvalue weighted by atomic mass is 32.2. The Morgan fingerprint density at radius 3 is 2.84 bits per heavy atom. The summed E-state index contributed by atoms with van der Waals surface area (Å²) in [5.74, 6) is 1.53. The summed E-state index contributed by atoms with van der Waals surface area (Å²) in [6.07, 6.45) is 0.0701. The Balaban J connectivity index is 1.45. The zero-order valence-corrected chi connectivity index (χ0v) is 18.6. The Labute approximate surface area is 188 Å². The molecule has 0 aliphatic rings. The maximum atomic E-state index is 12.5. The molecule has 10 heteroatoms. The summed E-state index contributed by atoms with van der Waals surface area (Å²) in [6.45, 7) is 1.93. The second-order valence-corrected chi connectivity index (χ2v) is 8.45. The van der Waals surface area contributed by atoms with Crippen molar-refractivity contribution in [3.63, 3.8) is 0 Å². The summed E-state index contributed by atoms with van der Waals surface area (Å²) in [6, 6.07) is 14.4. The Hall–Kier alpha value is -3.66. The lowest BCUT2D eigenvalue weighted by Gasteiger charge is -2.11. The van der Waals surface area contributed by atoms with Crippen LogP contribution in [0.5, 0.6) is 5.75 Å². The van der Waals surface area contributed by atoms with Crippen LogP contribution in [0.25, 0.3) is 10.9 Å². The van der Waals surface area contributed by atoms with Crippen molar-refractivity contribution in [2.75, 3.05) is 12.4 Å². The van der Waals surface area contributed by atoms with Gasteiger partial charge in [0.25, 0.3) is 5.56 Å². The number of aromatic amines is 1. The van der Waals surface area contributed by atoms with Gasteiger partial charge in [0.05, 0.1) is 29.7 Å². The minimum Gasteiger partial charge on any atom is -0.497 e. The monoisotopic (exact) mass is 450 g/mol. The normalized spacial score (nSPS) is 12.0. The molecule has 0 saturated carbocycles. The number of hydrogen-bond acceptors (Lipinski definition) is 7. The zero-order chi connectivity index (χ0) is 22.7. The van der Waals surface area contributed by atoms with E-state index in [1.807, 2.05) is 25.1 Å². The van der Waals surface area contributed by atoms with Crippen molar-refractivity contribution in [3.05, 3.63) is 70.5 Å². The summed E-state index contributed by atoms with van der Waals surface area (Å²) < 4.78 is 6.94. The molecular formula is C22H22N6O3S. The van der Waals surface area contributed by atoms with Gasteiger partial charge < -0.3 is 19.6 Å². The van der Waals surface area contributed by atoms with Crippen LogP contribution < -0.4 is 15.6 Å². The van der Waals surface area contributed by atoms with E-state index in [0.717, 1.165) is 0 Å². The molecule has 4 rings (SSSR count). The fraction of sp³-hybridized carbons (Fsp3) is 0.227. The molecule has 2 aromatic heterocycles. The lowest BCUT2D eigenvalue weighted by Crippen LogP contribution is -2.17. The number of methoxy groups -OCH3 is 1. The molecule has 4 aromatic rings. The molecule has 2 N–H and O–H groups in total. The van der Waals surface area contributed by atoms with Gasteiger partial charge in [-0.25, -0.2) is 4.98 Å². The SMILES string of the molecule is COc1cccc(NC(=O)Cc2nnc(SC(C)c3nc4ccccc4c(=O)[nH]3)n2C)c1. The number of fused-ring (bicyclic) bond motifs is 1. The van der Waals surface area contributed by atoms with Crippen molar-refractivity contribution < 1.29 is 9.53 Å². The lowest BCUT2D eigenvalue weighted by molar-refractivity contribution is -0.115. The molecule has 164 valence electrons. The van der Waals surface area contributed by atoms with E-state index in [9.17, 15) is 9.59 Å². The standard InChI is InChI=1S/C22H22N6O3S/c1-13(20-24-17-10-5-4-9-16(17)21(30)25-20)32-22-27-26-18(28(22)2)12-19(29)23-14-7-6-8-15(11-14)31-3/h4-11,13H,12H2,1-3H3,(H,23,29)(H,24,25,30). The van der Waals surface area contributed by atoms with Gasteiger partial charge in [-0.1, -0.05) is 30.0 Å². The van der Waals surface area contributed by atoms with Crippen molar-refractivity contribution in [3.8, 4) is 5.75 Å². The largest absolute Gasteiger partial charge is 0.497 e. The van der Waals surface area contributed by atoms with Crippen LogP contribution in [-0.4, -0.2) is 37.7 Å². The van der Waals surface area contributed by atoms with Crippen molar-refractivity contribution in [1.82, 2.24) is 24.7 Å². The summed E-state index contributed by atoms with van der Waals surface area (Å²) in [5.41, 5.74) is 1.11.